The second-order valence-electron chi connectivity index (χ2n) is 10.9. The van der Waals surface area contributed by atoms with Crippen LogP contribution in [-0.4, -0.2) is 75.9 Å². The zero-order valence-corrected chi connectivity index (χ0v) is 20.5. The van der Waals surface area contributed by atoms with Gasteiger partial charge in [0, 0.05) is 30.3 Å². The molecule has 0 heterocycles. The van der Waals surface area contributed by atoms with Crippen molar-refractivity contribution in [3.8, 4) is 0 Å². The smallest absolute Gasteiger partial charge is 0.168 e. The summed E-state index contributed by atoms with van der Waals surface area (Å²) in [5.41, 5.74) is 1.02. The number of carbonyl (C=O) groups excluding carboxylic acids is 1. The van der Waals surface area contributed by atoms with Crippen LogP contribution >= 0.6 is 0 Å². The Morgan fingerprint density at radius 3 is 2.00 bits per heavy atom. The minimum atomic E-state index is -1.66. The highest BCUT2D eigenvalue weighted by Crippen LogP contribution is 2.36. The molecule has 0 saturated heterocycles. The number of hydrogen-bond donors (Lipinski definition) is 5. The van der Waals surface area contributed by atoms with Gasteiger partial charge in [0.05, 0.1) is 12.7 Å². The maximum Gasteiger partial charge on any atom is 0.168 e. The highest BCUT2D eigenvalue weighted by Gasteiger charge is 2.33. The minimum Gasteiger partial charge on any atom is -0.394 e. The lowest BCUT2D eigenvalue weighted by Gasteiger charge is -2.31. The summed E-state index contributed by atoms with van der Waals surface area (Å²) in [7, 11) is 1.73. The molecule has 7 nitrogen and oxygen atoms in total. The van der Waals surface area contributed by atoms with Crippen LogP contribution in [0.5, 0.6) is 0 Å². The number of likely N-dealkylation sites (N-methyl/N-ethyl adjacent to an activating group) is 1. The molecule has 4 unspecified atom stereocenters. The second kappa shape index (κ2) is 10.5. The molecule has 184 valence electrons. The van der Waals surface area contributed by atoms with Crippen molar-refractivity contribution in [1.82, 2.24) is 0 Å². The maximum atomic E-state index is 13.2. The molecule has 7 heteroatoms. The first kappa shape index (κ1) is 27.2. The number of benzene rings is 2. The summed E-state index contributed by atoms with van der Waals surface area (Å²) in [5, 5.41) is 50.3. The number of hydrogen-bond acceptors (Lipinski definition) is 7. The Labute approximate surface area is 196 Å². The number of fused-ring (bicyclic) bond motifs is 1. The largest absolute Gasteiger partial charge is 0.394 e. The third-order valence-electron chi connectivity index (χ3n) is 5.90. The van der Waals surface area contributed by atoms with Gasteiger partial charge in [-0.15, -0.1) is 0 Å². The van der Waals surface area contributed by atoms with Gasteiger partial charge in [-0.2, -0.15) is 0 Å². The van der Waals surface area contributed by atoms with Gasteiger partial charge in [0.15, 0.2) is 5.78 Å². The molecule has 0 fully saturated rings. The van der Waals surface area contributed by atoms with E-state index in [0.717, 1.165) is 22.9 Å². The Kier molecular flexibility index (Phi) is 8.65. The van der Waals surface area contributed by atoms with E-state index in [4.69, 9.17) is 5.11 Å². The standard InChI is InChI=1S/C26H39NO6/c1-25(2,3)15-26(4,5)24(33)18-8-7-17-12-19(10-9-16(17)11-18)27(6)13-20(29)22(31)23(32)21(30)14-28/h7-12,20-23,28-32H,13-15H2,1-6H3. The first-order valence-electron chi connectivity index (χ1n) is 11.3. The topological polar surface area (TPSA) is 121 Å². The van der Waals surface area contributed by atoms with Crippen molar-refractivity contribution in [3.05, 3.63) is 42.0 Å². The third-order valence-corrected chi connectivity index (χ3v) is 5.90. The summed E-state index contributed by atoms with van der Waals surface area (Å²) in [6.07, 6.45) is -5.37. The average molecular weight is 462 g/mol. The Balaban J connectivity index is 2.18. The fourth-order valence-electron chi connectivity index (χ4n) is 4.47. The van der Waals surface area contributed by atoms with Crippen molar-refractivity contribution in [2.24, 2.45) is 10.8 Å². The molecule has 0 aliphatic carbocycles. The number of aliphatic hydroxyl groups excluding tert-OH is 5. The van der Waals surface area contributed by atoms with Gasteiger partial charge in [0.1, 0.15) is 18.3 Å². The molecule has 4 atom stereocenters. The number of Topliss-reactive ketones (excluding diaryl/α,β-unsaturated/α-hetero) is 1. The molecule has 2 aromatic rings. The van der Waals surface area contributed by atoms with Crippen LogP contribution in [0.15, 0.2) is 36.4 Å². The third kappa shape index (κ3) is 6.98. The summed E-state index contributed by atoms with van der Waals surface area (Å²) in [6.45, 7) is 9.64. The van der Waals surface area contributed by atoms with E-state index in [0.29, 0.717) is 5.56 Å². The zero-order chi connectivity index (χ0) is 25.1. The second-order valence-corrected chi connectivity index (χ2v) is 10.9. The average Bonchev–Trinajstić information content (AvgIpc) is 2.74. The first-order chi connectivity index (χ1) is 15.2. The van der Waals surface area contributed by atoms with Crippen molar-refractivity contribution in [3.63, 3.8) is 0 Å². The van der Waals surface area contributed by atoms with E-state index in [2.05, 4.69) is 20.8 Å². The van der Waals surface area contributed by atoms with Crippen LogP contribution in [0.2, 0.25) is 0 Å². The van der Waals surface area contributed by atoms with Crippen LogP contribution in [0.1, 0.15) is 51.4 Å². The van der Waals surface area contributed by atoms with E-state index in [1.165, 1.54) is 0 Å². The van der Waals surface area contributed by atoms with Gasteiger partial charge in [-0.05, 0) is 40.8 Å². The molecule has 0 aliphatic heterocycles. The lowest BCUT2D eigenvalue weighted by Crippen LogP contribution is -2.49. The summed E-state index contributed by atoms with van der Waals surface area (Å²) in [6, 6.07) is 11.3. The number of ketones is 1. The lowest BCUT2D eigenvalue weighted by atomic mass is 9.72. The molecule has 0 radical (unpaired) electrons. The highest BCUT2D eigenvalue weighted by molar-refractivity contribution is 6.03. The molecule has 0 aromatic heterocycles. The summed E-state index contributed by atoms with van der Waals surface area (Å²) < 4.78 is 0. The molecular weight excluding hydrogens is 422 g/mol. The molecule has 0 aliphatic rings. The van der Waals surface area contributed by atoms with E-state index in [1.807, 2.05) is 50.2 Å². The number of aliphatic hydroxyl groups is 5. The Hall–Kier alpha value is -2.03. The van der Waals surface area contributed by atoms with Crippen LogP contribution in [-0.2, 0) is 0 Å². The predicted octanol–water partition coefficient (Wildman–Crippen LogP) is 2.36. The fraction of sp³-hybridized carbons (Fsp3) is 0.577. The molecule has 0 amide bonds. The van der Waals surface area contributed by atoms with Gasteiger partial charge in [0.2, 0.25) is 0 Å². The van der Waals surface area contributed by atoms with Crippen LogP contribution in [0.4, 0.5) is 5.69 Å². The van der Waals surface area contributed by atoms with Crippen molar-refractivity contribution in [2.75, 3.05) is 25.1 Å². The quantitative estimate of drug-likeness (QED) is 0.344. The fourth-order valence-corrected chi connectivity index (χ4v) is 4.47. The number of nitrogens with zero attached hydrogens (tertiary/aromatic N) is 1. The van der Waals surface area contributed by atoms with Gasteiger partial charge in [0.25, 0.3) is 0 Å². The van der Waals surface area contributed by atoms with Gasteiger partial charge < -0.3 is 30.4 Å². The molecule has 5 N–H and O–H groups in total. The Morgan fingerprint density at radius 1 is 0.879 bits per heavy atom. The maximum absolute atomic E-state index is 13.2. The van der Waals surface area contributed by atoms with Crippen molar-refractivity contribution in [2.45, 2.75) is 65.5 Å². The van der Waals surface area contributed by atoms with Gasteiger partial charge in [-0.1, -0.05) is 52.8 Å². The van der Waals surface area contributed by atoms with E-state index >= 15 is 0 Å². The SMILES string of the molecule is CN(CC(O)C(O)C(O)C(O)CO)c1ccc2cc(C(=O)C(C)(C)CC(C)(C)C)ccc2c1. The van der Waals surface area contributed by atoms with Crippen molar-refractivity contribution < 1.29 is 30.3 Å². The lowest BCUT2D eigenvalue weighted by molar-refractivity contribution is -0.112. The number of anilines is 1. The van der Waals surface area contributed by atoms with E-state index in [9.17, 15) is 25.2 Å². The zero-order valence-electron chi connectivity index (χ0n) is 20.5. The molecule has 0 bridgehead atoms. The Bertz CT molecular complexity index is 951. The van der Waals surface area contributed by atoms with Crippen molar-refractivity contribution in [1.29, 1.82) is 0 Å². The molecule has 0 saturated carbocycles. The van der Waals surface area contributed by atoms with Gasteiger partial charge in [-0.25, -0.2) is 0 Å². The Morgan fingerprint density at radius 2 is 1.42 bits per heavy atom. The number of carbonyl (C=O) groups is 1. The minimum absolute atomic E-state index is 0.000552. The monoisotopic (exact) mass is 461 g/mol. The molecule has 2 aromatic carbocycles. The van der Waals surface area contributed by atoms with E-state index in [1.54, 1.807) is 11.9 Å². The molecule has 33 heavy (non-hydrogen) atoms. The summed E-state index contributed by atoms with van der Waals surface area (Å²) in [4.78, 5) is 14.9. The highest BCUT2D eigenvalue weighted by atomic mass is 16.4. The normalized spacial score (nSPS) is 16.3. The van der Waals surface area contributed by atoms with Crippen LogP contribution < -0.4 is 4.90 Å². The number of rotatable bonds is 10. The molecule has 0 spiro atoms. The van der Waals surface area contributed by atoms with E-state index < -0.39 is 36.4 Å². The predicted molar refractivity (Wildman–Crippen MR) is 131 cm³/mol. The van der Waals surface area contributed by atoms with Gasteiger partial charge in [-0.3, -0.25) is 4.79 Å². The van der Waals surface area contributed by atoms with Crippen LogP contribution in [0.25, 0.3) is 10.8 Å². The van der Waals surface area contributed by atoms with Crippen LogP contribution in [0, 0.1) is 10.8 Å². The van der Waals surface area contributed by atoms with Crippen LogP contribution in [0.3, 0.4) is 0 Å². The van der Waals surface area contributed by atoms with Gasteiger partial charge >= 0.3 is 0 Å². The van der Waals surface area contributed by atoms with E-state index in [-0.39, 0.29) is 17.7 Å². The summed E-state index contributed by atoms with van der Waals surface area (Å²) in [5.74, 6) is 0.112. The molecule has 2 rings (SSSR count). The summed E-state index contributed by atoms with van der Waals surface area (Å²) >= 11 is 0. The van der Waals surface area contributed by atoms with Crippen molar-refractivity contribution >= 4 is 22.2 Å². The first-order valence-corrected chi connectivity index (χ1v) is 11.3. The molecular formula is C26H39NO6.